The number of hydrogen-bond acceptors (Lipinski definition) is 2. The Kier molecular flexibility index (Phi) is 3.69. The quantitative estimate of drug-likeness (QED) is 0.800. The van der Waals surface area contributed by atoms with E-state index in [1.807, 2.05) is 0 Å². The molecular weight excluding hydrogens is 234 g/mol. The van der Waals surface area contributed by atoms with Crippen molar-refractivity contribution in [2.45, 2.75) is 19.8 Å². The molecule has 0 atom stereocenters. The molecule has 100 valence electrons. The van der Waals surface area contributed by atoms with Gasteiger partial charge in [0.1, 0.15) is 0 Å². The maximum absolute atomic E-state index is 5.39. The van der Waals surface area contributed by atoms with Gasteiger partial charge in [-0.25, -0.2) is 0 Å². The summed E-state index contributed by atoms with van der Waals surface area (Å²) in [7, 11) is 0. The average Bonchev–Trinajstić information content (AvgIpc) is 2.48. The minimum atomic E-state index is 0.844. The molecule has 1 aromatic rings. The van der Waals surface area contributed by atoms with E-state index in [1.54, 1.807) is 0 Å². The number of anilines is 1. The van der Waals surface area contributed by atoms with E-state index >= 15 is 0 Å². The van der Waals surface area contributed by atoms with Crippen LogP contribution in [0.4, 0.5) is 5.69 Å². The van der Waals surface area contributed by atoms with Crippen molar-refractivity contribution in [3.63, 3.8) is 0 Å². The summed E-state index contributed by atoms with van der Waals surface area (Å²) in [4.78, 5) is 2.40. The maximum atomic E-state index is 5.39. The Morgan fingerprint density at radius 2 is 1.79 bits per heavy atom. The van der Waals surface area contributed by atoms with Crippen LogP contribution < -0.4 is 4.90 Å². The number of morpholine rings is 1. The number of ether oxygens (including phenoxy) is 1. The first-order valence-electron chi connectivity index (χ1n) is 7.13. The SMILES string of the molecule is CC1=CCCC(c2ccc(N3CCOCC3)cc2)=C1. The average molecular weight is 255 g/mol. The highest BCUT2D eigenvalue weighted by atomic mass is 16.5. The van der Waals surface area contributed by atoms with E-state index in [0.717, 1.165) is 32.7 Å². The second-order valence-corrected chi connectivity index (χ2v) is 5.30. The molecule has 0 bridgehead atoms. The molecule has 0 spiro atoms. The first-order valence-corrected chi connectivity index (χ1v) is 7.13. The van der Waals surface area contributed by atoms with Gasteiger partial charge in [-0.15, -0.1) is 0 Å². The molecule has 19 heavy (non-hydrogen) atoms. The fourth-order valence-corrected chi connectivity index (χ4v) is 2.80. The molecule has 0 unspecified atom stereocenters. The summed E-state index contributed by atoms with van der Waals surface area (Å²) >= 11 is 0. The lowest BCUT2D eigenvalue weighted by Gasteiger charge is -2.29. The van der Waals surface area contributed by atoms with E-state index in [-0.39, 0.29) is 0 Å². The standard InChI is InChI=1S/C17H21NO/c1-14-3-2-4-16(13-14)15-5-7-17(8-6-15)18-9-11-19-12-10-18/h3,5-8,13H,2,4,9-12H2,1H3. The Hall–Kier alpha value is -1.54. The number of nitrogens with zero attached hydrogens (tertiary/aromatic N) is 1. The molecule has 0 radical (unpaired) electrons. The zero-order valence-corrected chi connectivity index (χ0v) is 11.6. The summed E-state index contributed by atoms with van der Waals surface area (Å²) in [6, 6.07) is 9.01. The summed E-state index contributed by atoms with van der Waals surface area (Å²) in [5, 5.41) is 0. The van der Waals surface area contributed by atoms with Gasteiger partial charge in [-0.3, -0.25) is 0 Å². The Balaban J connectivity index is 1.77. The second-order valence-electron chi connectivity index (χ2n) is 5.30. The van der Waals surface area contributed by atoms with E-state index in [9.17, 15) is 0 Å². The van der Waals surface area contributed by atoms with E-state index in [4.69, 9.17) is 4.74 Å². The van der Waals surface area contributed by atoms with Crippen LogP contribution in [0.5, 0.6) is 0 Å². The Morgan fingerprint density at radius 3 is 2.47 bits per heavy atom. The maximum Gasteiger partial charge on any atom is 0.0642 e. The van der Waals surface area contributed by atoms with E-state index in [2.05, 4.69) is 48.2 Å². The van der Waals surface area contributed by atoms with Crippen LogP contribution in [-0.2, 0) is 4.74 Å². The molecule has 1 aliphatic carbocycles. The smallest absolute Gasteiger partial charge is 0.0642 e. The van der Waals surface area contributed by atoms with Gasteiger partial charge >= 0.3 is 0 Å². The predicted octanol–water partition coefficient (Wildman–Crippen LogP) is 3.65. The number of rotatable bonds is 2. The lowest BCUT2D eigenvalue weighted by Crippen LogP contribution is -2.36. The van der Waals surface area contributed by atoms with Gasteiger partial charge in [0.15, 0.2) is 0 Å². The molecule has 2 heteroatoms. The van der Waals surface area contributed by atoms with Gasteiger partial charge in [0.05, 0.1) is 13.2 Å². The van der Waals surface area contributed by atoms with Gasteiger partial charge in [-0.2, -0.15) is 0 Å². The molecule has 2 aliphatic rings. The van der Waals surface area contributed by atoms with Gasteiger partial charge < -0.3 is 9.64 Å². The summed E-state index contributed by atoms with van der Waals surface area (Å²) in [5.41, 5.74) is 5.53. The lowest BCUT2D eigenvalue weighted by molar-refractivity contribution is 0.122. The van der Waals surface area contributed by atoms with Crippen molar-refractivity contribution >= 4 is 11.3 Å². The van der Waals surface area contributed by atoms with E-state index < -0.39 is 0 Å². The third-order valence-electron chi connectivity index (χ3n) is 3.90. The number of hydrogen-bond donors (Lipinski definition) is 0. The van der Waals surface area contributed by atoms with Crippen LogP contribution in [0.25, 0.3) is 5.57 Å². The van der Waals surface area contributed by atoms with Gasteiger partial charge in [0.2, 0.25) is 0 Å². The Labute approximate surface area is 115 Å². The van der Waals surface area contributed by atoms with Gasteiger partial charge in [0.25, 0.3) is 0 Å². The van der Waals surface area contributed by atoms with E-state index in [1.165, 1.54) is 28.8 Å². The van der Waals surface area contributed by atoms with E-state index in [0.29, 0.717) is 0 Å². The van der Waals surface area contributed by atoms with Crippen LogP contribution in [0.3, 0.4) is 0 Å². The third-order valence-corrected chi connectivity index (χ3v) is 3.90. The molecule has 2 nitrogen and oxygen atoms in total. The first kappa shape index (κ1) is 12.5. The van der Waals surface area contributed by atoms with Crippen LogP contribution in [0.2, 0.25) is 0 Å². The van der Waals surface area contributed by atoms with Gasteiger partial charge in [-0.1, -0.05) is 29.9 Å². The largest absolute Gasteiger partial charge is 0.378 e. The van der Waals surface area contributed by atoms with Crippen molar-refractivity contribution in [2.75, 3.05) is 31.2 Å². The zero-order chi connectivity index (χ0) is 13.1. The van der Waals surface area contributed by atoms with Crippen molar-refractivity contribution in [3.05, 3.63) is 47.6 Å². The summed E-state index contributed by atoms with van der Waals surface area (Å²) in [6.45, 7) is 5.88. The van der Waals surface area contributed by atoms with Crippen molar-refractivity contribution in [2.24, 2.45) is 0 Å². The van der Waals surface area contributed by atoms with Crippen LogP contribution in [-0.4, -0.2) is 26.3 Å². The van der Waals surface area contributed by atoms with Gasteiger partial charge in [-0.05, 0) is 43.0 Å². The Morgan fingerprint density at radius 1 is 1.05 bits per heavy atom. The molecule has 1 saturated heterocycles. The highest BCUT2D eigenvalue weighted by Crippen LogP contribution is 2.28. The molecular formula is C17H21NO. The number of allylic oxidation sites excluding steroid dienone is 4. The monoisotopic (exact) mass is 255 g/mol. The molecule has 1 aromatic carbocycles. The van der Waals surface area contributed by atoms with Gasteiger partial charge in [0, 0.05) is 18.8 Å². The molecule has 1 heterocycles. The van der Waals surface area contributed by atoms with Crippen LogP contribution >= 0.6 is 0 Å². The Bertz CT molecular complexity index is 492. The van der Waals surface area contributed by atoms with Crippen molar-refractivity contribution < 1.29 is 4.74 Å². The second kappa shape index (κ2) is 5.62. The summed E-state index contributed by atoms with van der Waals surface area (Å²) in [6.07, 6.45) is 6.95. The zero-order valence-electron chi connectivity index (χ0n) is 11.6. The van der Waals surface area contributed by atoms with Crippen LogP contribution in [0.15, 0.2) is 42.0 Å². The van der Waals surface area contributed by atoms with Crippen molar-refractivity contribution in [1.82, 2.24) is 0 Å². The molecule has 0 N–H and O–H groups in total. The summed E-state index contributed by atoms with van der Waals surface area (Å²) in [5.74, 6) is 0. The van der Waals surface area contributed by atoms with Crippen LogP contribution in [0.1, 0.15) is 25.3 Å². The highest BCUT2D eigenvalue weighted by Gasteiger charge is 2.11. The summed E-state index contributed by atoms with van der Waals surface area (Å²) < 4.78 is 5.39. The fraction of sp³-hybridized carbons (Fsp3) is 0.412. The minimum absolute atomic E-state index is 0.844. The lowest BCUT2D eigenvalue weighted by atomic mass is 9.94. The molecule has 1 aliphatic heterocycles. The fourth-order valence-electron chi connectivity index (χ4n) is 2.80. The topological polar surface area (TPSA) is 12.5 Å². The van der Waals surface area contributed by atoms with Crippen molar-refractivity contribution in [3.8, 4) is 0 Å². The highest BCUT2D eigenvalue weighted by molar-refractivity contribution is 5.70. The van der Waals surface area contributed by atoms with Crippen LogP contribution in [0, 0.1) is 0 Å². The first-order chi connectivity index (χ1) is 9.33. The predicted molar refractivity (Wildman–Crippen MR) is 80.4 cm³/mol. The molecule has 1 fully saturated rings. The van der Waals surface area contributed by atoms with Crippen molar-refractivity contribution in [1.29, 1.82) is 0 Å². The minimum Gasteiger partial charge on any atom is -0.378 e. The molecule has 3 rings (SSSR count). The molecule has 0 saturated carbocycles. The normalized spacial score (nSPS) is 19.9. The third kappa shape index (κ3) is 2.90. The number of benzene rings is 1. The molecule has 0 aromatic heterocycles. The molecule has 0 amide bonds.